The first-order valence-corrected chi connectivity index (χ1v) is 9.49. The number of benzene rings is 1. The van der Waals surface area contributed by atoms with Crippen molar-refractivity contribution in [2.24, 2.45) is 0 Å². The summed E-state index contributed by atoms with van der Waals surface area (Å²) in [5, 5.41) is 17.2. The highest BCUT2D eigenvalue weighted by Gasteiger charge is 2.19. The molecule has 0 spiro atoms. The number of halogens is 1. The summed E-state index contributed by atoms with van der Waals surface area (Å²) in [6.07, 6.45) is 1.62. The Bertz CT molecular complexity index is 976. The summed E-state index contributed by atoms with van der Waals surface area (Å²) >= 11 is 0. The van der Waals surface area contributed by atoms with Crippen LogP contribution in [-0.2, 0) is 11.3 Å². The fourth-order valence-corrected chi connectivity index (χ4v) is 3.25. The van der Waals surface area contributed by atoms with E-state index in [0.717, 1.165) is 24.0 Å². The first-order chi connectivity index (χ1) is 14.1. The van der Waals surface area contributed by atoms with Gasteiger partial charge in [0.15, 0.2) is 0 Å². The molecular weight excluding hydrogens is 377 g/mol. The highest BCUT2D eigenvalue weighted by Crippen LogP contribution is 2.26. The van der Waals surface area contributed by atoms with Crippen molar-refractivity contribution >= 4 is 11.7 Å². The number of hydrogen-bond donors (Lipinski definition) is 3. The van der Waals surface area contributed by atoms with Crippen LogP contribution >= 0.6 is 0 Å². The number of H-pyrrole nitrogens is 1. The van der Waals surface area contributed by atoms with Crippen LogP contribution in [0, 0.1) is 12.7 Å². The molecule has 1 aliphatic rings. The van der Waals surface area contributed by atoms with Crippen LogP contribution < -0.4 is 10.6 Å². The minimum atomic E-state index is -0.309. The van der Waals surface area contributed by atoms with Gasteiger partial charge in [0.2, 0.25) is 0 Å². The molecule has 0 unspecified atom stereocenters. The molecule has 0 saturated carbocycles. The highest BCUT2D eigenvalue weighted by molar-refractivity contribution is 5.93. The van der Waals surface area contributed by atoms with Gasteiger partial charge in [0.25, 0.3) is 5.91 Å². The minimum Gasteiger partial charge on any atom is -0.381 e. The number of ether oxygens (including phenoxy) is 1. The van der Waals surface area contributed by atoms with E-state index in [-0.39, 0.29) is 17.8 Å². The highest BCUT2D eigenvalue weighted by atomic mass is 19.1. The first kappa shape index (κ1) is 19.1. The van der Waals surface area contributed by atoms with Gasteiger partial charge in [0, 0.05) is 43.0 Å². The van der Waals surface area contributed by atoms with E-state index in [4.69, 9.17) is 9.26 Å². The van der Waals surface area contributed by atoms with Crippen molar-refractivity contribution in [2.45, 2.75) is 32.4 Å². The van der Waals surface area contributed by atoms with Gasteiger partial charge in [0.1, 0.15) is 28.8 Å². The largest absolute Gasteiger partial charge is 0.381 e. The number of nitrogens with one attached hydrogen (secondary N) is 3. The molecule has 0 atom stereocenters. The molecule has 0 radical (unpaired) electrons. The fourth-order valence-electron chi connectivity index (χ4n) is 3.25. The quantitative estimate of drug-likeness (QED) is 0.588. The van der Waals surface area contributed by atoms with Crippen LogP contribution in [-0.4, -0.2) is 40.5 Å². The van der Waals surface area contributed by atoms with Gasteiger partial charge in [0.05, 0.1) is 0 Å². The fraction of sp³-hybridized carbons (Fsp3) is 0.350. The van der Waals surface area contributed by atoms with E-state index in [9.17, 15) is 9.18 Å². The molecule has 8 nitrogen and oxygen atoms in total. The molecule has 1 saturated heterocycles. The lowest BCUT2D eigenvalue weighted by atomic mass is 10.1. The Labute approximate surface area is 166 Å². The number of aromatic nitrogens is 3. The van der Waals surface area contributed by atoms with Crippen molar-refractivity contribution in [3.8, 4) is 11.3 Å². The molecule has 1 aromatic carbocycles. The van der Waals surface area contributed by atoms with Gasteiger partial charge in [-0.1, -0.05) is 5.16 Å². The van der Waals surface area contributed by atoms with Crippen LogP contribution in [0.15, 0.2) is 34.9 Å². The number of carbonyl (C=O) groups is 1. The zero-order valence-corrected chi connectivity index (χ0v) is 16.0. The van der Waals surface area contributed by atoms with E-state index in [1.807, 2.05) is 6.92 Å². The van der Waals surface area contributed by atoms with Crippen LogP contribution in [0.5, 0.6) is 0 Å². The third-order valence-corrected chi connectivity index (χ3v) is 4.93. The second-order valence-electron chi connectivity index (χ2n) is 6.95. The predicted octanol–water partition coefficient (Wildman–Crippen LogP) is 3.03. The number of aryl methyl sites for hydroxylation is 1. The maximum absolute atomic E-state index is 13.2. The van der Waals surface area contributed by atoms with Gasteiger partial charge in [-0.15, -0.1) is 0 Å². The molecule has 4 rings (SSSR count). The zero-order chi connectivity index (χ0) is 20.2. The smallest absolute Gasteiger partial charge is 0.269 e. The summed E-state index contributed by atoms with van der Waals surface area (Å²) in [5.74, 6) is 0.694. The van der Waals surface area contributed by atoms with Crippen LogP contribution in [0.4, 0.5) is 10.2 Å². The first-order valence-electron chi connectivity index (χ1n) is 9.49. The van der Waals surface area contributed by atoms with Gasteiger partial charge >= 0.3 is 0 Å². The van der Waals surface area contributed by atoms with E-state index < -0.39 is 0 Å². The maximum Gasteiger partial charge on any atom is 0.269 e. The molecule has 2 aromatic heterocycles. The Kier molecular flexibility index (Phi) is 5.57. The number of nitrogens with zero attached hydrogens (tertiary/aromatic N) is 2. The molecular formula is C20H22FN5O3. The lowest BCUT2D eigenvalue weighted by Gasteiger charge is -2.22. The molecule has 1 amide bonds. The standard InChI is InChI=1S/C20H22FN5O3/c1-12-16(19(26-29-12)13-2-4-14(21)5-3-13)11-22-18-10-17(24-25-18)20(27)23-15-6-8-28-9-7-15/h2-5,10,15H,6-9,11H2,1H3,(H,23,27)(H2,22,24,25). The predicted molar refractivity (Wildman–Crippen MR) is 104 cm³/mol. The number of amides is 1. The maximum atomic E-state index is 13.2. The molecule has 3 N–H and O–H groups in total. The number of rotatable bonds is 6. The molecule has 152 valence electrons. The molecule has 3 aromatic rings. The summed E-state index contributed by atoms with van der Waals surface area (Å²) in [6.45, 7) is 3.53. The Morgan fingerprint density at radius 2 is 2.03 bits per heavy atom. The summed E-state index contributed by atoms with van der Waals surface area (Å²) in [6, 6.07) is 7.86. The van der Waals surface area contributed by atoms with Crippen LogP contribution in [0.2, 0.25) is 0 Å². The second-order valence-corrected chi connectivity index (χ2v) is 6.95. The van der Waals surface area contributed by atoms with Crippen molar-refractivity contribution in [3.63, 3.8) is 0 Å². The van der Waals surface area contributed by atoms with Gasteiger partial charge < -0.3 is 19.9 Å². The molecule has 9 heteroatoms. The molecule has 3 heterocycles. The summed E-state index contributed by atoms with van der Waals surface area (Å²) < 4.78 is 23.8. The average molecular weight is 399 g/mol. The normalized spacial score (nSPS) is 14.7. The number of anilines is 1. The number of aromatic amines is 1. The summed E-state index contributed by atoms with van der Waals surface area (Å²) in [4.78, 5) is 12.4. The Hall–Kier alpha value is -3.20. The number of hydrogen-bond acceptors (Lipinski definition) is 6. The SMILES string of the molecule is Cc1onc(-c2ccc(F)cc2)c1CNc1cc(C(=O)NC2CCOCC2)[nH]n1. The van der Waals surface area contributed by atoms with E-state index >= 15 is 0 Å². The van der Waals surface area contributed by atoms with E-state index in [0.29, 0.717) is 42.7 Å². The van der Waals surface area contributed by atoms with Crippen molar-refractivity contribution < 1.29 is 18.4 Å². The zero-order valence-electron chi connectivity index (χ0n) is 16.0. The summed E-state index contributed by atoms with van der Waals surface area (Å²) in [7, 11) is 0. The topological polar surface area (TPSA) is 105 Å². The molecule has 0 bridgehead atoms. The summed E-state index contributed by atoms with van der Waals surface area (Å²) in [5.41, 5.74) is 2.63. The van der Waals surface area contributed by atoms with Crippen LogP contribution in [0.25, 0.3) is 11.3 Å². The number of carbonyl (C=O) groups excluding carboxylic acids is 1. The average Bonchev–Trinajstić information content (AvgIpc) is 3.35. The minimum absolute atomic E-state index is 0.119. The van der Waals surface area contributed by atoms with Gasteiger partial charge in [-0.25, -0.2) is 4.39 Å². The van der Waals surface area contributed by atoms with Crippen LogP contribution in [0.1, 0.15) is 34.7 Å². The Morgan fingerprint density at radius 3 is 2.79 bits per heavy atom. The molecule has 1 fully saturated rings. The molecule has 29 heavy (non-hydrogen) atoms. The van der Waals surface area contributed by atoms with Crippen molar-refractivity contribution in [1.29, 1.82) is 0 Å². The molecule has 1 aliphatic heterocycles. The Balaban J connectivity index is 1.41. The third kappa shape index (κ3) is 4.45. The molecule has 0 aliphatic carbocycles. The lowest BCUT2D eigenvalue weighted by molar-refractivity contribution is 0.0694. The van der Waals surface area contributed by atoms with Crippen LogP contribution in [0.3, 0.4) is 0 Å². The van der Waals surface area contributed by atoms with Crippen molar-refractivity contribution in [1.82, 2.24) is 20.7 Å². The van der Waals surface area contributed by atoms with Gasteiger partial charge in [-0.2, -0.15) is 5.10 Å². The van der Waals surface area contributed by atoms with E-state index in [1.54, 1.807) is 18.2 Å². The van der Waals surface area contributed by atoms with Gasteiger partial charge in [-0.05, 0) is 44.0 Å². The van der Waals surface area contributed by atoms with E-state index in [1.165, 1.54) is 12.1 Å². The second kappa shape index (κ2) is 8.44. The third-order valence-electron chi connectivity index (χ3n) is 4.93. The Morgan fingerprint density at radius 1 is 1.28 bits per heavy atom. The van der Waals surface area contributed by atoms with Gasteiger partial charge in [-0.3, -0.25) is 9.89 Å². The van der Waals surface area contributed by atoms with E-state index in [2.05, 4.69) is 26.0 Å². The van der Waals surface area contributed by atoms with Crippen molar-refractivity contribution in [2.75, 3.05) is 18.5 Å². The van der Waals surface area contributed by atoms with Crippen molar-refractivity contribution in [3.05, 3.63) is 53.2 Å². The monoisotopic (exact) mass is 399 g/mol. The lowest BCUT2D eigenvalue weighted by Crippen LogP contribution is -2.39.